The molecule has 0 aliphatic carbocycles. The fraction of sp³-hybridized carbons (Fsp3) is 0.167. The lowest BCUT2D eigenvalue weighted by Gasteiger charge is -2.08. The topological polar surface area (TPSA) is 42.8 Å². The van der Waals surface area contributed by atoms with Crippen LogP contribution in [0.15, 0.2) is 30.9 Å². The SMILES string of the molecule is C=CCn1c(COc2ccc(Cl)cc2Cl)n[nH]c1=S. The van der Waals surface area contributed by atoms with E-state index in [-0.39, 0.29) is 6.61 Å². The molecule has 0 unspecified atom stereocenters. The number of hydrogen-bond acceptors (Lipinski definition) is 3. The van der Waals surface area contributed by atoms with Crippen LogP contribution in [0.3, 0.4) is 0 Å². The maximum Gasteiger partial charge on any atom is 0.195 e. The van der Waals surface area contributed by atoms with Gasteiger partial charge in [-0.3, -0.25) is 9.67 Å². The van der Waals surface area contributed by atoms with Gasteiger partial charge in [0.1, 0.15) is 12.4 Å². The van der Waals surface area contributed by atoms with Crippen molar-refractivity contribution in [3.63, 3.8) is 0 Å². The van der Waals surface area contributed by atoms with Crippen molar-refractivity contribution < 1.29 is 4.74 Å². The van der Waals surface area contributed by atoms with E-state index < -0.39 is 0 Å². The largest absolute Gasteiger partial charge is 0.484 e. The summed E-state index contributed by atoms with van der Waals surface area (Å²) in [6.45, 7) is 4.50. The summed E-state index contributed by atoms with van der Waals surface area (Å²) in [6, 6.07) is 5.05. The maximum absolute atomic E-state index is 6.02. The van der Waals surface area contributed by atoms with Crippen LogP contribution in [0.5, 0.6) is 5.75 Å². The zero-order valence-corrected chi connectivity index (χ0v) is 12.2. The molecule has 0 radical (unpaired) electrons. The summed E-state index contributed by atoms with van der Waals surface area (Å²) in [6.07, 6.45) is 1.74. The molecule has 2 rings (SSSR count). The van der Waals surface area contributed by atoms with Crippen molar-refractivity contribution in [2.75, 3.05) is 0 Å². The molecule has 0 bridgehead atoms. The quantitative estimate of drug-likeness (QED) is 0.669. The molecule has 2 aromatic rings. The number of halogens is 2. The first-order chi connectivity index (χ1) is 9.11. The van der Waals surface area contributed by atoms with Crippen LogP contribution < -0.4 is 4.74 Å². The van der Waals surface area contributed by atoms with Crippen molar-refractivity contribution in [2.45, 2.75) is 13.2 Å². The minimum absolute atomic E-state index is 0.252. The van der Waals surface area contributed by atoms with Gasteiger partial charge in [0.25, 0.3) is 0 Å². The molecule has 100 valence electrons. The molecule has 0 spiro atoms. The molecule has 0 aliphatic rings. The van der Waals surface area contributed by atoms with Crippen molar-refractivity contribution >= 4 is 35.4 Å². The number of nitrogens with zero attached hydrogens (tertiary/aromatic N) is 2. The number of rotatable bonds is 5. The van der Waals surface area contributed by atoms with Crippen LogP contribution in [0.1, 0.15) is 5.82 Å². The summed E-state index contributed by atoms with van der Waals surface area (Å²) >= 11 is 16.9. The molecule has 19 heavy (non-hydrogen) atoms. The van der Waals surface area contributed by atoms with E-state index in [9.17, 15) is 0 Å². The molecule has 7 heteroatoms. The number of ether oxygens (including phenoxy) is 1. The summed E-state index contributed by atoms with van der Waals surface area (Å²) in [5.74, 6) is 1.22. The Labute approximate surface area is 125 Å². The highest BCUT2D eigenvalue weighted by Crippen LogP contribution is 2.27. The maximum atomic E-state index is 6.02. The van der Waals surface area contributed by atoms with Gasteiger partial charge in [-0.1, -0.05) is 29.3 Å². The molecule has 1 aromatic carbocycles. The normalized spacial score (nSPS) is 10.4. The van der Waals surface area contributed by atoms with E-state index in [0.29, 0.717) is 32.9 Å². The number of aromatic nitrogens is 3. The van der Waals surface area contributed by atoms with E-state index in [1.54, 1.807) is 28.8 Å². The van der Waals surface area contributed by atoms with Gasteiger partial charge in [0.15, 0.2) is 10.6 Å². The van der Waals surface area contributed by atoms with Gasteiger partial charge < -0.3 is 4.74 Å². The Bertz CT molecular complexity index is 651. The summed E-state index contributed by atoms with van der Waals surface area (Å²) in [7, 11) is 0. The van der Waals surface area contributed by atoms with Crippen molar-refractivity contribution in [3.8, 4) is 5.75 Å². The molecule has 1 heterocycles. The van der Waals surface area contributed by atoms with E-state index in [4.69, 9.17) is 40.2 Å². The number of H-pyrrole nitrogens is 1. The van der Waals surface area contributed by atoms with Crippen LogP contribution in [-0.4, -0.2) is 14.8 Å². The molecule has 0 aliphatic heterocycles. The Morgan fingerprint density at radius 2 is 2.26 bits per heavy atom. The Hall–Kier alpha value is -1.30. The van der Waals surface area contributed by atoms with Crippen molar-refractivity contribution in [3.05, 3.63) is 51.5 Å². The molecule has 0 saturated heterocycles. The van der Waals surface area contributed by atoms with Gasteiger partial charge in [-0.15, -0.1) is 6.58 Å². The first-order valence-electron chi connectivity index (χ1n) is 5.44. The van der Waals surface area contributed by atoms with Gasteiger partial charge >= 0.3 is 0 Å². The lowest BCUT2D eigenvalue weighted by atomic mass is 10.3. The highest BCUT2D eigenvalue weighted by molar-refractivity contribution is 7.71. The highest BCUT2D eigenvalue weighted by atomic mass is 35.5. The summed E-state index contributed by atoms with van der Waals surface area (Å²) < 4.78 is 7.93. The summed E-state index contributed by atoms with van der Waals surface area (Å²) in [4.78, 5) is 0. The van der Waals surface area contributed by atoms with Gasteiger partial charge in [0, 0.05) is 11.6 Å². The smallest absolute Gasteiger partial charge is 0.195 e. The third-order valence-corrected chi connectivity index (χ3v) is 3.24. The minimum Gasteiger partial charge on any atom is -0.484 e. The second kappa shape index (κ2) is 6.23. The standard InChI is InChI=1S/C12H11Cl2N3OS/c1-2-5-17-11(15-16-12(17)19)7-18-10-4-3-8(13)6-9(10)14/h2-4,6H,1,5,7H2,(H,16,19). The molecule has 1 N–H and O–H groups in total. The van der Waals surface area contributed by atoms with Gasteiger partial charge in [0.05, 0.1) is 5.02 Å². The van der Waals surface area contributed by atoms with Crippen LogP contribution in [0.4, 0.5) is 0 Å². The summed E-state index contributed by atoms with van der Waals surface area (Å²) in [5, 5.41) is 7.83. The number of hydrogen-bond donors (Lipinski definition) is 1. The molecule has 1 aromatic heterocycles. The van der Waals surface area contributed by atoms with E-state index >= 15 is 0 Å². The van der Waals surface area contributed by atoms with E-state index in [2.05, 4.69) is 16.8 Å². The van der Waals surface area contributed by atoms with E-state index in [0.717, 1.165) is 0 Å². The lowest BCUT2D eigenvalue weighted by molar-refractivity contribution is 0.290. The molecular weight excluding hydrogens is 305 g/mol. The zero-order valence-electron chi connectivity index (χ0n) is 9.90. The van der Waals surface area contributed by atoms with Gasteiger partial charge in [-0.2, -0.15) is 5.10 Å². The number of nitrogens with one attached hydrogen (secondary N) is 1. The van der Waals surface area contributed by atoms with Crippen molar-refractivity contribution in [1.29, 1.82) is 0 Å². The van der Waals surface area contributed by atoms with Crippen LogP contribution >= 0.6 is 35.4 Å². The van der Waals surface area contributed by atoms with E-state index in [1.807, 2.05) is 0 Å². The van der Waals surface area contributed by atoms with Crippen molar-refractivity contribution in [1.82, 2.24) is 14.8 Å². The molecule has 0 atom stereocenters. The predicted molar refractivity (Wildman–Crippen MR) is 78.4 cm³/mol. The average molecular weight is 316 g/mol. The molecular formula is C12H11Cl2N3OS. The minimum atomic E-state index is 0.252. The molecule has 0 fully saturated rings. The van der Waals surface area contributed by atoms with Crippen LogP contribution in [-0.2, 0) is 13.2 Å². The Balaban J connectivity index is 2.14. The molecule has 0 saturated carbocycles. The Kier molecular flexibility index (Phi) is 4.63. The third kappa shape index (κ3) is 3.37. The fourth-order valence-corrected chi connectivity index (χ4v) is 2.20. The fourth-order valence-electron chi connectivity index (χ4n) is 1.51. The number of benzene rings is 1. The average Bonchev–Trinajstić information content (AvgIpc) is 2.71. The van der Waals surface area contributed by atoms with Crippen LogP contribution in [0, 0.1) is 4.77 Å². The monoisotopic (exact) mass is 315 g/mol. The molecule has 4 nitrogen and oxygen atoms in total. The second-order valence-corrected chi connectivity index (χ2v) is 4.94. The van der Waals surface area contributed by atoms with Crippen molar-refractivity contribution in [2.24, 2.45) is 0 Å². The zero-order chi connectivity index (χ0) is 13.8. The first-order valence-corrected chi connectivity index (χ1v) is 6.61. The third-order valence-electron chi connectivity index (χ3n) is 2.40. The lowest BCUT2D eigenvalue weighted by Crippen LogP contribution is -2.06. The van der Waals surface area contributed by atoms with Crippen LogP contribution in [0.2, 0.25) is 10.0 Å². The first kappa shape index (κ1) is 14.1. The summed E-state index contributed by atoms with van der Waals surface area (Å²) in [5.41, 5.74) is 0. The molecule has 0 amide bonds. The van der Waals surface area contributed by atoms with Gasteiger partial charge in [-0.05, 0) is 30.4 Å². The predicted octanol–water partition coefficient (Wildman–Crippen LogP) is 4.01. The van der Waals surface area contributed by atoms with Gasteiger partial charge in [0.2, 0.25) is 0 Å². The highest BCUT2D eigenvalue weighted by Gasteiger charge is 2.08. The van der Waals surface area contributed by atoms with E-state index in [1.165, 1.54) is 0 Å². The number of aromatic amines is 1. The Morgan fingerprint density at radius 1 is 1.47 bits per heavy atom. The number of allylic oxidation sites excluding steroid dienone is 1. The second-order valence-electron chi connectivity index (χ2n) is 3.71. The van der Waals surface area contributed by atoms with Gasteiger partial charge in [-0.25, -0.2) is 0 Å². The Morgan fingerprint density at radius 3 is 2.95 bits per heavy atom. The van der Waals surface area contributed by atoms with Crippen LogP contribution in [0.25, 0.3) is 0 Å².